The van der Waals surface area contributed by atoms with Crippen LogP contribution in [0.3, 0.4) is 0 Å². The van der Waals surface area contributed by atoms with Crippen molar-refractivity contribution >= 4 is 0 Å². The second-order valence-electron chi connectivity index (χ2n) is 4.78. The van der Waals surface area contributed by atoms with Crippen LogP contribution in [0, 0.1) is 13.8 Å². The lowest BCUT2D eigenvalue weighted by Crippen LogP contribution is -2.29. The quantitative estimate of drug-likeness (QED) is 0.549. The Balaban J connectivity index is 2.33. The maximum absolute atomic E-state index is 8.96. The third kappa shape index (κ3) is 5.90. The first-order valence-corrected chi connectivity index (χ1v) is 6.81. The Morgan fingerprint density at radius 1 is 1.32 bits per heavy atom. The zero-order valence-corrected chi connectivity index (χ0v) is 12.1. The minimum Gasteiger partial charge on any atom is -0.493 e. The van der Waals surface area contributed by atoms with Crippen LogP contribution in [0.5, 0.6) is 5.75 Å². The van der Waals surface area contributed by atoms with Crippen LogP contribution >= 0.6 is 0 Å². The minimum atomic E-state index is 0.186. The van der Waals surface area contributed by atoms with Crippen LogP contribution in [0.1, 0.15) is 17.5 Å². The molecule has 0 heterocycles. The fourth-order valence-corrected chi connectivity index (χ4v) is 1.95. The summed E-state index contributed by atoms with van der Waals surface area (Å²) in [6.07, 6.45) is 2.81. The third-order valence-corrected chi connectivity index (χ3v) is 3.02. The Bertz CT molecular complexity index is 390. The highest BCUT2D eigenvalue weighted by atomic mass is 16.5. The summed E-state index contributed by atoms with van der Waals surface area (Å²) >= 11 is 0. The van der Waals surface area contributed by atoms with Crippen molar-refractivity contribution in [1.82, 2.24) is 4.90 Å². The normalized spacial score (nSPS) is 10.7. The van der Waals surface area contributed by atoms with Crippen LogP contribution in [0.2, 0.25) is 0 Å². The smallest absolute Gasteiger partial charge is 0.122 e. The van der Waals surface area contributed by atoms with Crippen LogP contribution in [0.15, 0.2) is 30.9 Å². The monoisotopic (exact) mass is 263 g/mol. The Hall–Kier alpha value is -1.32. The first kappa shape index (κ1) is 15.7. The fraction of sp³-hybridized carbons (Fsp3) is 0.500. The number of benzene rings is 1. The van der Waals surface area contributed by atoms with Gasteiger partial charge >= 0.3 is 0 Å². The van der Waals surface area contributed by atoms with Gasteiger partial charge in [-0.2, -0.15) is 0 Å². The fourth-order valence-electron chi connectivity index (χ4n) is 1.95. The zero-order chi connectivity index (χ0) is 14.1. The van der Waals surface area contributed by atoms with E-state index >= 15 is 0 Å². The first-order valence-electron chi connectivity index (χ1n) is 6.81. The Morgan fingerprint density at radius 2 is 2.11 bits per heavy atom. The van der Waals surface area contributed by atoms with E-state index in [1.54, 1.807) is 0 Å². The number of rotatable bonds is 9. The van der Waals surface area contributed by atoms with Gasteiger partial charge in [-0.3, -0.25) is 4.90 Å². The maximum atomic E-state index is 8.96. The van der Waals surface area contributed by atoms with Gasteiger partial charge in [0.1, 0.15) is 5.75 Å². The van der Waals surface area contributed by atoms with E-state index in [4.69, 9.17) is 9.84 Å². The molecule has 3 nitrogen and oxygen atoms in total. The van der Waals surface area contributed by atoms with Gasteiger partial charge < -0.3 is 9.84 Å². The summed E-state index contributed by atoms with van der Waals surface area (Å²) in [5.74, 6) is 0.970. The Morgan fingerprint density at radius 3 is 2.79 bits per heavy atom. The van der Waals surface area contributed by atoms with Crippen LogP contribution < -0.4 is 4.74 Å². The van der Waals surface area contributed by atoms with Crippen molar-refractivity contribution < 1.29 is 9.84 Å². The van der Waals surface area contributed by atoms with Gasteiger partial charge in [-0.15, -0.1) is 6.58 Å². The molecule has 106 valence electrons. The van der Waals surface area contributed by atoms with Gasteiger partial charge in [0.2, 0.25) is 0 Å². The molecule has 0 aromatic heterocycles. The summed E-state index contributed by atoms with van der Waals surface area (Å²) < 4.78 is 5.81. The van der Waals surface area contributed by atoms with E-state index in [-0.39, 0.29) is 6.61 Å². The van der Waals surface area contributed by atoms with Crippen molar-refractivity contribution in [2.75, 3.05) is 32.8 Å². The summed E-state index contributed by atoms with van der Waals surface area (Å²) in [7, 11) is 0. The minimum absolute atomic E-state index is 0.186. The molecule has 0 amide bonds. The molecule has 0 fully saturated rings. The average molecular weight is 263 g/mol. The third-order valence-electron chi connectivity index (χ3n) is 3.02. The topological polar surface area (TPSA) is 32.7 Å². The molecular formula is C16H25NO2. The highest BCUT2D eigenvalue weighted by Crippen LogP contribution is 2.19. The molecule has 0 aliphatic rings. The standard InChI is InChI=1S/C16H25NO2/c1-4-8-17(10-11-18)9-5-12-19-16-13-14(2)6-7-15(16)3/h4,6-7,13,18H,1,5,8-12H2,2-3H3. The van der Waals surface area contributed by atoms with Crippen molar-refractivity contribution in [3.63, 3.8) is 0 Å². The average Bonchev–Trinajstić information content (AvgIpc) is 2.39. The van der Waals surface area contributed by atoms with Gasteiger partial charge in [0.05, 0.1) is 13.2 Å². The molecule has 0 atom stereocenters. The molecule has 3 heteroatoms. The molecular weight excluding hydrogens is 238 g/mol. The summed E-state index contributed by atoms with van der Waals surface area (Å²) in [6.45, 7) is 11.2. The number of aryl methyl sites for hydroxylation is 2. The predicted molar refractivity (Wildman–Crippen MR) is 79.8 cm³/mol. The summed E-state index contributed by atoms with van der Waals surface area (Å²) in [6, 6.07) is 6.25. The van der Waals surface area contributed by atoms with Crippen LogP contribution in [0.4, 0.5) is 0 Å². The number of hydrogen-bond donors (Lipinski definition) is 1. The van der Waals surface area contributed by atoms with E-state index in [1.807, 2.05) is 6.08 Å². The van der Waals surface area contributed by atoms with Crippen molar-refractivity contribution in [2.24, 2.45) is 0 Å². The van der Waals surface area contributed by atoms with Crippen molar-refractivity contribution in [3.8, 4) is 5.75 Å². The molecule has 1 N–H and O–H groups in total. The highest BCUT2D eigenvalue weighted by molar-refractivity contribution is 5.35. The molecule has 1 aromatic rings. The number of ether oxygens (including phenoxy) is 1. The van der Waals surface area contributed by atoms with E-state index in [0.717, 1.165) is 25.3 Å². The van der Waals surface area contributed by atoms with Gasteiger partial charge in [0, 0.05) is 19.6 Å². The summed E-state index contributed by atoms with van der Waals surface area (Å²) in [4.78, 5) is 2.17. The maximum Gasteiger partial charge on any atom is 0.122 e. The van der Waals surface area contributed by atoms with Crippen molar-refractivity contribution in [1.29, 1.82) is 0 Å². The second kappa shape index (κ2) is 8.73. The number of nitrogens with zero attached hydrogens (tertiary/aromatic N) is 1. The zero-order valence-electron chi connectivity index (χ0n) is 12.1. The summed E-state index contributed by atoms with van der Waals surface area (Å²) in [5.41, 5.74) is 2.39. The van der Waals surface area contributed by atoms with Gasteiger partial charge in [-0.1, -0.05) is 18.2 Å². The summed E-state index contributed by atoms with van der Waals surface area (Å²) in [5, 5.41) is 8.96. The number of hydrogen-bond acceptors (Lipinski definition) is 3. The molecule has 0 saturated carbocycles. The van der Waals surface area contributed by atoms with E-state index in [9.17, 15) is 0 Å². The van der Waals surface area contributed by atoms with Gasteiger partial charge in [0.25, 0.3) is 0 Å². The van der Waals surface area contributed by atoms with Gasteiger partial charge in [-0.05, 0) is 37.5 Å². The first-order chi connectivity index (χ1) is 9.17. The molecule has 1 rings (SSSR count). The SMILES string of the molecule is C=CCN(CCO)CCCOc1cc(C)ccc1C. The lowest BCUT2D eigenvalue weighted by Gasteiger charge is -2.19. The molecule has 19 heavy (non-hydrogen) atoms. The van der Waals surface area contributed by atoms with Crippen LogP contribution in [-0.4, -0.2) is 42.9 Å². The molecule has 0 aliphatic carbocycles. The van der Waals surface area contributed by atoms with E-state index in [2.05, 4.69) is 43.5 Å². The van der Waals surface area contributed by atoms with Gasteiger partial charge in [0.15, 0.2) is 0 Å². The number of aliphatic hydroxyl groups is 1. The van der Waals surface area contributed by atoms with Crippen LogP contribution in [-0.2, 0) is 0 Å². The van der Waals surface area contributed by atoms with Gasteiger partial charge in [-0.25, -0.2) is 0 Å². The van der Waals surface area contributed by atoms with E-state index < -0.39 is 0 Å². The van der Waals surface area contributed by atoms with E-state index in [0.29, 0.717) is 13.2 Å². The Kier molecular flexibility index (Phi) is 7.23. The molecule has 0 aliphatic heterocycles. The largest absolute Gasteiger partial charge is 0.493 e. The molecule has 0 unspecified atom stereocenters. The molecule has 1 aromatic carbocycles. The lowest BCUT2D eigenvalue weighted by molar-refractivity contribution is 0.195. The Labute approximate surface area is 116 Å². The van der Waals surface area contributed by atoms with Crippen LogP contribution in [0.25, 0.3) is 0 Å². The van der Waals surface area contributed by atoms with E-state index in [1.165, 1.54) is 11.1 Å². The number of aliphatic hydroxyl groups excluding tert-OH is 1. The molecule has 0 bridgehead atoms. The highest BCUT2D eigenvalue weighted by Gasteiger charge is 2.03. The lowest BCUT2D eigenvalue weighted by atomic mass is 10.1. The molecule has 0 saturated heterocycles. The van der Waals surface area contributed by atoms with Crippen molar-refractivity contribution in [3.05, 3.63) is 42.0 Å². The predicted octanol–water partition coefficient (Wildman–Crippen LogP) is 2.55. The molecule has 0 spiro atoms. The molecule has 0 radical (unpaired) electrons. The van der Waals surface area contributed by atoms with Crippen molar-refractivity contribution in [2.45, 2.75) is 20.3 Å². The second-order valence-corrected chi connectivity index (χ2v) is 4.78.